The molecular formula is C24H32N2O4. The molecule has 0 fully saturated rings. The van der Waals surface area contributed by atoms with E-state index in [0.29, 0.717) is 24.7 Å². The molecule has 2 amide bonds. The number of hydrogen-bond acceptors (Lipinski definition) is 4. The summed E-state index contributed by atoms with van der Waals surface area (Å²) < 4.78 is 11.3. The number of amides is 2. The summed E-state index contributed by atoms with van der Waals surface area (Å²) in [5.41, 5.74) is 2.94. The fourth-order valence-corrected chi connectivity index (χ4v) is 3.20. The summed E-state index contributed by atoms with van der Waals surface area (Å²) in [6, 6.07) is 12.9. The van der Waals surface area contributed by atoms with Crippen molar-refractivity contribution in [2.75, 3.05) is 13.2 Å². The lowest BCUT2D eigenvalue weighted by molar-refractivity contribution is -0.123. The van der Waals surface area contributed by atoms with E-state index in [1.165, 1.54) is 6.92 Å². The lowest BCUT2D eigenvalue weighted by Crippen LogP contribution is -2.33. The zero-order chi connectivity index (χ0) is 22.1. The first-order valence-electron chi connectivity index (χ1n) is 10.4. The molecule has 0 aliphatic rings. The zero-order valence-electron chi connectivity index (χ0n) is 18.5. The molecule has 0 heterocycles. The molecule has 0 aromatic heterocycles. The average Bonchev–Trinajstić information content (AvgIpc) is 2.69. The quantitative estimate of drug-likeness (QED) is 0.612. The van der Waals surface area contributed by atoms with E-state index in [0.717, 1.165) is 16.7 Å². The van der Waals surface area contributed by atoms with Gasteiger partial charge >= 0.3 is 0 Å². The summed E-state index contributed by atoms with van der Waals surface area (Å²) in [4.78, 5) is 24.4. The highest BCUT2D eigenvalue weighted by atomic mass is 16.5. The van der Waals surface area contributed by atoms with Gasteiger partial charge in [-0.3, -0.25) is 9.59 Å². The molecule has 162 valence electrons. The summed E-state index contributed by atoms with van der Waals surface area (Å²) in [5, 5.41) is 5.89. The summed E-state index contributed by atoms with van der Waals surface area (Å²) in [5.74, 6) is 1.03. The Balaban J connectivity index is 2.10. The minimum atomic E-state index is -0.380. The number of carbonyl (C=O) groups is 2. The molecule has 2 atom stereocenters. The van der Waals surface area contributed by atoms with E-state index in [2.05, 4.69) is 10.6 Å². The maximum Gasteiger partial charge on any atom is 0.222 e. The van der Waals surface area contributed by atoms with Gasteiger partial charge in [-0.1, -0.05) is 35.9 Å². The lowest BCUT2D eigenvalue weighted by Gasteiger charge is -2.21. The maximum atomic E-state index is 12.7. The van der Waals surface area contributed by atoms with Crippen molar-refractivity contribution in [2.45, 2.75) is 53.1 Å². The van der Waals surface area contributed by atoms with Gasteiger partial charge in [0.25, 0.3) is 0 Å². The Kier molecular flexibility index (Phi) is 8.71. The fraction of sp³-hybridized carbons (Fsp3) is 0.417. The van der Waals surface area contributed by atoms with Crippen LogP contribution in [0, 0.1) is 6.92 Å². The predicted octanol–water partition coefficient (Wildman–Crippen LogP) is 4.24. The molecule has 0 aliphatic carbocycles. The van der Waals surface area contributed by atoms with Gasteiger partial charge in [0.05, 0.1) is 31.7 Å². The van der Waals surface area contributed by atoms with E-state index in [4.69, 9.17) is 9.47 Å². The van der Waals surface area contributed by atoms with Crippen LogP contribution in [-0.4, -0.2) is 25.0 Å². The number of carbonyl (C=O) groups excluding carboxylic acids is 2. The third-order valence-corrected chi connectivity index (χ3v) is 4.69. The third-order valence-electron chi connectivity index (χ3n) is 4.69. The van der Waals surface area contributed by atoms with Crippen molar-refractivity contribution in [3.05, 3.63) is 59.2 Å². The minimum absolute atomic E-state index is 0.145. The second-order valence-corrected chi connectivity index (χ2v) is 7.23. The molecule has 2 aromatic carbocycles. The second-order valence-electron chi connectivity index (χ2n) is 7.23. The van der Waals surface area contributed by atoms with Crippen LogP contribution >= 0.6 is 0 Å². The van der Waals surface area contributed by atoms with Crippen molar-refractivity contribution in [1.29, 1.82) is 0 Å². The van der Waals surface area contributed by atoms with Crippen LogP contribution in [0.1, 0.15) is 62.9 Å². The van der Waals surface area contributed by atoms with Gasteiger partial charge in [0, 0.05) is 6.92 Å². The molecule has 2 rings (SSSR count). The Morgan fingerprint density at radius 3 is 2.10 bits per heavy atom. The van der Waals surface area contributed by atoms with Crippen molar-refractivity contribution in [2.24, 2.45) is 0 Å². The van der Waals surface area contributed by atoms with Crippen LogP contribution in [0.5, 0.6) is 11.5 Å². The Labute approximate surface area is 179 Å². The largest absolute Gasteiger partial charge is 0.490 e. The number of ether oxygens (including phenoxy) is 2. The standard InChI is InChI=1S/C24H32N2O4/c1-6-29-22-13-12-20(14-23(22)30-7-2)17(4)25-24(28)15-21(26-18(5)27)19-10-8-16(3)9-11-19/h8-14,17,21H,6-7,15H2,1-5H3,(H,25,28)(H,26,27). The molecule has 0 spiro atoms. The summed E-state index contributed by atoms with van der Waals surface area (Å²) in [6.45, 7) is 10.3. The van der Waals surface area contributed by atoms with Gasteiger partial charge in [-0.15, -0.1) is 0 Å². The first-order chi connectivity index (χ1) is 14.3. The first-order valence-corrected chi connectivity index (χ1v) is 10.4. The lowest BCUT2D eigenvalue weighted by atomic mass is 10.0. The Morgan fingerprint density at radius 1 is 0.900 bits per heavy atom. The van der Waals surface area contributed by atoms with Gasteiger partial charge in [-0.05, 0) is 51.0 Å². The van der Waals surface area contributed by atoms with Crippen LogP contribution in [0.25, 0.3) is 0 Å². The summed E-state index contributed by atoms with van der Waals surface area (Å²) in [7, 11) is 0. The third kappa shape index (κ3) is 6.79. The van der Waals surface area contributed by atoms with Gasteiger partial charge in [0.15, 0.2) is 11.5 Å². The van der Waals surface area contributed by atoms with Crippen molar-refractivity contribution in [3.8, 4) is 11.5 Å². The maximum absolute atomic E-state index is 12.7. The number of hydrogen-bond donors (Lipinski definition) is 2. The Morgan fingerprint density at radius 2 is 1.50 bits per heavy atom. The fourth-order valence-electron chi connectivity index (χ4n) is 3.20. The van der Waals surface area contributed by atoms with Crippen molar-refractivity contribution < 1.29 is 19.1 Å². The molecule has 2 N–H and O–H groups in total. The summed E-state index contributed by atoms with van der Waals surface area (Å²) >= 11 is 0. The Bertz CT molecular complexity index is 849. The van der Waals surface area contributed by atoms with Crippen molar-refractivity contribution >= 4 is 11.8 Å². The molecule has 0 saturated heterocycles. The molecule has 6 nitrogen and oxygen atoms in total. The van der Waals surface area contributed by atoms with Gasteiger partial charge in [-0.25, -0.2) is 0 Å². The van der Waals surface area contributed by atoms with E-state index in [1.54, 1.807) is 0 Å². The smallest absolute Gasteiger partial charge is 0.222 e. The van der Waals surface area contributed by atoms with Crippen LogP contribution < -0.4 is 20.1 Å². The van der Waals surface area contributed by atoms with E-state index in [1.807, 2.05) is 70.2 Å². The van der Waals surface area contributed by atoms with Crippen molar-refractivity contribution in [3.63, 3.8) is 0 Å². The van der Waals surface area contributed by atoms with Gasteiger partial charge in [0.2, 0.25) is 11.8 Å². The first kappa shape index (κ1) is 23.3. The topological polar surface area (TPSA) is 76.7 Å². The van der Waals surface area contributed by atoms with Crippen LogP contribution in [0.15, 0.2) is 42.5 Å². The number of nitrogens with one attached hydrogen (secondary N) is 2. The molecule has 0 radical (unpaired) electrons. The molecule has 0 saturated carbocycles. The highest BCUT2D eigenvalue weighted by Crippen LogP contribution is 2.31. The molecule has 30 heavy (non-hydrogen) atoms. The molecule has 6 heteroatoms. The van der Waals surface area contributed by atoms with Crippen LogP contribution in [0.3, 0.4) is 0 Å². The number of benzene rings is 2. The second kappa shape index (κ2) is 11.2. The van der Waals surface area contributed by atoms with E-state index >= 15 is 0 Å². The zero-order valence-corrected chi connectivity index (χ0v) is 18.5. The SMILES string of the molecule is CCOc1ccc(C(C)NC(=O)CC(NC(C)=O)c2ccc(C)cc2)cc1OCC. The highest BCUT2D eigenvalue weighted by molar-refractivity contribution is 5.79. The van der Waals surface area contributed by atoms with E-state index < -0.39 is 0 Å². The van der Waals surface area contributed by atoms with Crippen LogP contribution in [0.4, 0.5) is 0 Å². The predicted molar refractivity (Wildman–Crippen MR) is 118 cm³/mol. The average molecular weight is 413 g/mol. The van der Waals surface area contributed by atoms with E-state index in [-0.39, 0.29) is 30.3 Å². The van der Waals surface area contributed by atoms with Gasteiger partial charge in [0.1, 0.15) is 0 Å². The van der Waals surface area contributed by atoms with Gasteiger partial charge in [-0.2, -0.15) is 0 Å². The Hall–Kier alpha value is -3.02. The molecule has 2 unspecified atom stereocenters. The van der Waals surface area contributed by atoms with Gasteiger partial charge < -0.3 is 20.1 Å². The normalized spacial score (nSPS) is 12.6. The minimum Gasteiger partial charge on any atom is -0.490 e. The molecular weight excluding hydrogens is 380 g/mol. The summed E-state index contributed by atoms with van der Waals surface area (Å²) in [6.07, 6.45) is 0.155. The number of aryl methyl sites for hydroxylation is 1. The van der Waals surface area contributed by atoms with Crippen molar-refractivity contribution in [1.82, 2.24) is 10.6 Å². The highest BCUT2D eigenvalue weighted by Gasteiger charge is 2.19. The van der Waals surface area contributed by atoms with Crippen LogP contribution in [0.2, 0.25) is 0 Å². The molecule has 0 bridgehead atoms. The monoisotopic (exact) mass is 412 g/mol. The molecule has 0 aliphatic heterocycles. The molecule has 2 aromatic rings. The van der Waals surface area contributed by atoms with E-state index in [9.17, 15) is 9.59 Å². The number of rotatable bonds is 10. The van der Waals surface area contributed by atoms with Crippen LogP contribution in [-0.2, 0) is 9.59 Å².